The Morgan fingerprint density at radius 1 is 1.78 bits per heavy atom. The molecule has 48 valence electrons. The summed E-state index contributed by atoms with van der Waals surface area (Å²) in [5.74, 6) is 0. The SMILES string of the molecule is CC/C=C/c1nccs1. The summed E-state index contributed by atoms with van der Waals surface area (Å²) in [5.41, 5.74) is 0. The third-order valence-electron chi connectivity index (χ3n) is 0.948. The molecule has 0 bridgehead atoms. The van der Waals surface area contributed by atoms with Crippen molar-refractivity contribution in [2.45, 2.75) is 13.3 Å². The van der Waals surface area contributed by atoms with E-state index in [1.54, 1.807) is 11.3 Å². The van der Waals surface area contributed by atoms with E-state index in [9.17, 15) is 0 Å². The summed E-state index contributed by atoms with van der Waals surface area (Å²) in [6, 6.07) is 0. The van der Waals surface area contributed by atoms with Crippen molar-refractivity contribution in [2.24, 2.45) is 0 Å². The van der Waals surface area contributed by atoms with Crippen LogP contribution in [0, 0.1) is 0 Å². The Bertz CT molecular complexity index is 177. The van der Waals surface area contributed by atoms with Gasteiger partial charge in [-0.15, -0.1) is 11.3 Å². The van der Waals surface area contributed by atoms with Crippen molar-refractivity contribution in [3.8, 4) is 0 Å². The summed E-state index contributed by atoms with van der Waals surface area (Å²) in [6.45, 7) is 2.12. The topological polar surface area (TPSA) is 12.9 Å². The number of aromatic nitrogens is 1. The van der Waals surface area contributed by atoms with E-state index in [0.717, 1.165) is 11.4 Å². The number of allylic oxidation sites excluding steroid dienone is 1. The van der Waals surface area contributed by atoms with E-state index in [1.165, 1.54) is 0 Å². The molecule has 0 fully saturated rings. The molecule has 0 saturated heterocycles. The third-order valence-corrected chi connectivity index (χ3v) is 1.69. The monoisotopic (exact) mass is 139 g/mol. The average Bonchev–Trinajstić information content (AvgIpc) is 2.34. The van der Waals surface area contributed by atoms with Crippen LogP contribution in [0.3, 0.4) is 0 Å². The molecule has 0 spiro atoms. The van der Waals surface area contributed by atoms with Crippen LogP contribution in [0.4, 0.5) is 0 Å². The van der Waals surface area contributed by atoms with Gasteiger partial charge in [0.15, 0.2) is 0 Å². The van der Waals surface area contributed by atoms with Crippen molar-refractivity contribution in [1.82, 2.24) is 4.98 Å². The fourth-order valence-corrected chi connectivity index (χ4v) is 1.09. The molecule has 0 atom stereocenters. The minimum atomic E-state index is 1.08. The lowest BCUT2D eigenvalue weighted by atomic mass is 10.4. The summed E-state index contributed by atoms with van der Waals surface area (Å²) < 4.78 is 0. The lowest BCUT2D eigenvalue weighted by Gasteiger charge is -1.77. The van der Waals surface area contributed by atoms with Gasteiger partial charge >= 0.3 is 0 Å². The Balaban J connectivity index is 2.57. The van der Waals surface area contributed by atoms with E-state index in [-0.39, 0.29) is 0 Å². The molecule has 1 nitrogen and oxygen atoms in total. The zero-order valence-corrected chi connectivity index (χ0v) is 6.19. The van der Waals surface area contributed by atoms with E-state index in [2.05, 4.69) is 18.0 Å². The van der Waals surface area contributed by atoms with Crippen LogP contribution in [-0.2, 0) is 0 Å². The molecule has 0 aliphatic heterocycles. The average molecular weight is 139 g/mol. The predicted octanol–water partition coefficient (Wildman–Crippen LogP) is 2.57. The normalized spacial score (nSPS) is 10.8. The molecule has 0 unspecified atom stereocenters. The van der Waals surface area contributed by atoms with Gasteiger partial charge in [0.05, 0.1) is 0 Å². The van der Waals surface area contributed by atoms with Gasteiger partial charge in [-0.3, -0.25) is 0 Å². The van der Waals surface area contributed by atoms with Crippen molar-refractivity contribution < 1.29 is 0 Å². The van der Waals surface area contributed by atoms with Crippen LogP contribution in [0.5, 0.6) is 0 Å². The molecule has 1 heterocycles. The van der Waals surface area contributed by atoms with Gasteiger partial charge in [0.1, 0.15) is 5.01 Å². The Morgan fingerprint density at radius 2 is 2.67 bits per heavy atom. The van der Waals surface area contributed by atoms with Gasteiger partial charge in [0, 0.05) is 11.6 Å². The second-order valence-corrected chi connectivity index (χ2v) is 2.61. The number of nitrogens with zero attached hydrogens (tertiary/aromatic N) is 1. The fourth-order valence-electron chi connectivity index (χ4n) is 0.535. The zero-order valence-electron chi connectivity index (χ0n) is 5.37. The molecule has 2 heteroatoms. The Kier molecular flexibility index (Phi) is 2.46. The van der Waals surface area contributed by atoms with Crippen molar-refractivity contribution in [1.29, 1.82) is 0 Å². The number of rotatable bonds is 2. The smallest absolute Gasteiger partial charge is 0.115 e. The van der Waals surface area contributed by atoms with E-state index in [4.69, 9.17) is 0 Å². The molecule has 0 amide bonds. The highest BCUT2D eigenvalue weighted by Gasteiger charge is 1.83. The van der Waals surface area contributed by atoms with Crippen LogP contribution in [0.2, 0.25) is 0 Å². The van der Waals surface area contributed by atoms with Gasteiger partial charge in [-0.05, 0) is 12.5 Å². The molecular formula is C7H9NS. The standard InChI is InChI=1S/C7H9NS/c1-2-3-4-7-8-5-6-9-7/h3-6H,2H2,1H3/b4-3+. The van der Waals surface area contributed by atoms with Crippen LogP contribution in [0.25, 0.3) is 6.08 Å². The van der Waals surface area contributed by atoms with Crippen molar-refractivity contribution >= 4 is 17.4 Å². The van der Waals surface area contributed by atoms with Crippen LogP contribution in [-0.4, -0.2) is 4.98 Å². The predicted molar refractivity (Wildman–Crippen MR) is 41.4 cm³/mol. The molecule has 1 aromatic heterocycles. The maximum atomic E-state index is 4.09. The quantitative estimate of drug-likeness (QED) is 0.613. The molecule has 0 N–H and O–H groups in total. The summed E-state index contributed by atoms with van der Waals surface area (Å²) in [6.07, 6.45) is 7.06. The highest BCUT2D eigenvalue weighted by Crippen LogP contribution is 2.05. The number of hydrogen-bond donors (Lipinski definition) is 0. The van der Waals surface area contributed by atoms with Gasteiger partial charge in [-0.2, -0.15) is 0 Å². The molecule has 0 saturated carbocycles. The minimum Gasteiger partial charge on any atom is -0.245 e. The third kappa shape index (κ3) is 1.98. The van der Waals surface area contributed by atoms with Gasteiger partial charge in [0.2, 0.25) is 0 Å². The van der Waals surface area contributed by atoms with Crippen LogP contribution >= 0.6 is 11.3 Å². The summed E-state index contributed by atoms with van der Waals surface area (Å²) in [5, 5.41) is 3.08. The molecule has 1 aromatic rings. The van der Waals surface area contributed by atoms with E-state index < -0.39 is 0 Å². The van der Waals surface area contributed by atoms with Crippen LogP contribution < -0.4 is 0 Å². The first kappa shape index (κ1) is 6.49. The van der Waals surface area contributed by atoms with Gasteiger partial charge < -0.3 is 0 Å². The highest BCUT2D eigenvalue weighted by atomic mass is 32.1. The van der Waals surface area contributed by atoms with E-state index in [1.807, 2.05) is 17.7 Å². The lowest BCUT2D eigenvalue weighted by Crippen LogP contribution is -1.62. The Morgan fingerprint density at radius 3 is 3.22 bits per heavy atom. The summed E-state index contributed by atoms with van der Waals surface area (Å²) >= 11 is 1.66. The first-order chi connectivity index (χ1) is 4.43. The maximum absolute atomic E-state index is 4.09. The molecule has 0 aliphatic rings. The molecule has 0 aromatic carbocycles. The number of hydrogen-bond acceptors (Lipinski definition) is 2. The molecular weight excluding hydrogens is 130 g/mol. The van der Waals surface area contributed by atoms with Crippen molar-refractivity contribution in [3.05, 3.63) is 22.7 Å². The number of thiazole rings is 1. The Labute approximate surface area is 59.1 Å². The molecule has 1 rings (SSSR count). The van der Waals surface area contributed by atoms with Gasteiger partial charge in [0.25, 0.3) is 0 Å². The van der Waals surface area contributed by atoms with Crippen LogP contribution in [0.15, 0.2) is 17.7 Å². The van der Waals surface area contributed by atoms with Gasteiger partial charge in [-0.1, -0.05) is 13.0 Å². The first-order valence-electron chi connectivity index (χ1n) is 2.99. The van der Waals surface area contributed by atoms with Crippen LogP contribution in [0.1, 0.15) is 18.4 Å². The first-order valence-corrected chi connectivity index (χ1v) is 3.87. The second-order valence-electron chi connectivity index (χ2n) is 1.68. The largest absolute Gasteiger partial charge is 0.245 e. The van der Waals surface area contributed by atoms with E-state index >= 15 is 0 Å². The maximum Gasteiger partial charge on any atom is 0.115 e. The molecule has 9 heavy (non-hydrogen) atoms. The van der Waals surface area contributed by atoms with Gasteiger partial charge in [-0.25, -0.2) is 4.98 Å². The molecule has 0 aliphatic carbocycles. The highest BCUT2D eigenvalue weighted by molar-refractivity contribution is 7.10. The zero-order chi connectivity index (χ0) is 6.53. The van der Waals surface area contributed by atoms with Crippen molar-refractivity contribution in [2.75, 3.05) is 0 Å². The summed E-state index contributed by atoms with van der Waals surface area (Å²) in [4.78, 5) is 4.09. The van der Waals surface area contributed by atoms with Crippen molar-refractivity contribution in [3.63, 3.8) is 0 Å². The van der Waals surface area contributed by atoms with E-state index in [0.29, 0.717) is 0 Å². The Hall–Kier alpha value is -0.630. The second kappa shape index (κ2) is 3.41. The fraction of sp³-hybridized carbons (Fsp3) is 0.286. The molecule has 0 radical (unpaired) electrons. The minimum absolute atomic E-state index is 1.08. The lowest BCUT2D eigenvalue weighted by molar-refractivity contribution is 1.23. The summed E-state index contributed by atoms with van der Waals surface area (Å²) in [7, 11) is 0.